The van der Waals surface area contributed by atoms with Crippen molar-refractivity contribution in [2.75, 3.05) is 40.8 Å². The first-order valence-corrected chi connectivity index (χ1v) is 30.5. The molecule has 0 aromatic carbocycles. The van der Waals surface area contributed by atoms with Crippen LogP contribution in [0.1, 0.15) is 141 Å². The summed E-state index contributed by atoms with van der Waals surface area (Å²) in [7, 11) is 5.19. The Morgan fingerprint density at radius 3 is 2.18 bits per heavy atom. The summed E-state index contributed by atoms with van der Waals surface area (Å²) >= 11 is 7.57. The molecule has 4 aliphatic carbocycles. The Kier molecular flexibility index (Phi) is 20.3. The van der Waals surface area contributed by atoms with E-state index in [0.717, 1.165) is 0 Å². The molecule has 21 heteroatoms. The van der Waals surface area contributed by atoms with Crippen molar-refractivity contribution in [2.45, 2.75) is 254 Å². The number of nitrogens with zero attached hydrogens (tertiary/aromatic N) is 2. The zero-order chi connectivity index (χ0) is 61.4. The zero-order valence-electron chi connectivity index (χ0n) is 51.5. The standard InChI is InChI=1S/C61H101ClFN3O16/c1-17-45-59(13,75)49(70)36(7)66(22-18-21-64-54(73)61(76)32(3)23-39-40-26-42(63)41-25-38(67)19-20-55(41,9)60(40,62)44(68)28-56(39,61)10)30-31(2)27-57(11,74)51(82-53-47(69)43(65(14)15)24-33(4)78-53)34(5)48(35(6)52(72)80-45)81-46-29-58(12,77-16)50(71)37(8)79-46/h19-20,25,31-37,39-40,42-51,53,68-71,74-76H,17-18,21-24,26-30H2,1-16H3,(H,64,73)/t31-,32-,33-,34+,35-,36-,37+,39+,40+,42+,43+,44+,45-,46+,47-,48+,49-,50+,51-,53+,55+,56+,57-,58-,59-,60+,61+/m1/s1. The van der Waals surface area contributed by atoms with E-state index in [1.165, 1.54) is 26.2 Å². The number of allylic oxidation sites excluding steroid dienone is 4. The van der Waals surface area contributed by atoms with Crippen LogP contribution in [0.3, 0.4) is 0 Å². The molecular weight excluding hydrogens is 1090 g/mol. The van der Waals surface area contributed by atoms with Crippen molar-refractivity contribution in [2.24, 2.45) is 46.3 Å². The van der Waals surface area contributed by atoms with Gasteiger partial charge in [0, 0.05) is 62.0 Å². The molecule has 3 heterocycles. The summed E-state index contributed by atoms with van der Waals surface area (Å²) in [5.74, 6) is -5.90. The third kappa shape index (κ3) is 11.8. The number of methoxy groups -OCH3 is 1. The highest BCUT2D eigenvalue weighted by atomic mass is 35.5. The molecule has 0 bridgehead atoms. The summed E-state index contributed by atoms with van der Waals surface area (Å²) < 4.78 is 54.5. The number of esters is 1. The molecule has 0 unspecified atom stereocenters. The summed E-state index contributed by atoms with van der Waals surface area (Å²) in [5, 5.41) is 88.7. The van der Waals surface area contributed by atoms with Crippen LogP contribution in [0.15, 0.2) is 23.8 Å². The van der Waals surface area contributed by atoms with Crippen LogP contribution in [-0.4, -0.2) is 217 Å². The summed E-state index contributed by atoms with van der Waals surface area (Å²) in [5.41, 5.74) is -9.06. The van der Waals surface area contributed by atoms with E-state index in [-0.39, 0.29) is 87.6 Å². The van der Waals surface area contributed by atoms with Gasteiger partial charge in [0.05, 0.1) is 52.5 Å². The third-order valence-electron chi connectivity index (χ3n) is 21.5. The van der Waals surface area contributed by atoms with Gasteiger partial charge in [0.25, 0.3) is 5.91 Å². The van der Waals surface area contributed by atoms with Gasteiger partial charge in [-0.25, -0.2) is 4.39 Å². The Morgan fingerprint density at radius 2 is 1.56 bits per heavy atom. The number of likely N-dealkylation sites (N-methyl/N-ethyl adjacent to an activating group) is 1. The van der Waals surface area contributed by atoms with Gasteiger partial charge in [-0.2, -0.15) is 0 Å². The second-order valence-corrected chi connectivity index (χ2v) is 28.2. The zero-order valence-corrected chi connectivity index (χ0v) is 52.3. The van der Waals surface area contributed by atoms with Crippen molar-refractivity contribution in [1.29, 1.82) is 0 Å². The highest BCUT2D eigenvalue weighted by Gasteiger charge is 2.76. The SMILES string of the molecule is CC[C@H]1OC(=O)[C@H](C)[C@@H](O[C@H]2C[C@@](C)(OC)[C@@H](O)[C@H](C)O2)[C@H](C)[C@@H](O[C@@H]2O[C@H](C)C[C@H](N(C)C)[C@H]2O)[C@](C)(O)C[C@@H](C)CN(CCCNC(=O)[C@@]2(O)[C@H](C)C[C@H]3[C@@H]4C[C@H](F)C5=CC(=O)C=C[C@]5(C)[C@@]4(Cl)[C@@H](O)C[C@@]32C)[C@H](C)[C@@H](O)[C@]1(C)O. The molecule has 0 aromatic rings. The lowest BCUT2D eigenvalue weighted by Gasteiger charge is -2.64. The van der Waals surface area contributed by atoms with Crippen LogP contribution in [0.4, 0.5) is 4.39 Å². The maximum absolute atomic E-state index is 16.3. The van der Waals surface area contributed by atoms with Crippen LogP contribution in [0, 0.1) is 46.3 Å². The molecule has 0 spiro atoms. The fourth-order valence-electron chi connectivity index (χ4n) is 16.5. The van der Waals surface area contributed by atoms with Crippen LogP contribution >= 0.6 is 11.6 Å². The van der Waals surface area contributed by atoms with Crippen molar-refractivity contribution in [3.63, 3.8) is 0 Å². The fraction of sp³-hybridized carbons (Fsp3) is 0.885. The number of hydrogen-bond donors (Lipinski definition) is 8. The number of fused-ring (bicyclic) bond motifs is 5. The Hall–Kier alpha value is -2.25. The minimum absolute atomic E-state index is 0.0548. The number of ketones is 1. The second kappa shape index (κ2) is 24.7. The third-order valence-corrected chi connectivity index (χ3v) is 22.4. The van der Waals surface area contributed by atoms with E-state index in [0.29, 0.717) is 12.8 Å². The van der Waals surface area contributed by atoms with Crippen molar-refractivity contribution in [3.05, 3.63) is 23.8 Å². The number of rotatable bonds is 12. The van der Waals surface area contributed by atoms with Gasteiger partial charge in [0.15, 0.2) is 24.0 Å². The molecule has 7 aliphatic rings. The number of cyclic esters (lactones) is 1. The van der Waals surface area contributed by atoms with Crippen LogP contribution in [-0.2, 0) is 42.8 Å². The highest BCUT2D eigenvalue weighted by molar-refractivity contribution is 6.26. The average molecular weight is 1190 g/mol. The number of alkyl halides is 2. The second-order valence-electron chi connectivity index (χ2n) is 27.6. The summed E-state index contributed by atoms with van der Waals surface area (Å²) in [6.07, 6.45) is -7.97. The lowest BCUT2D eigenvalue weighted by atomic mass is 9.45. The van der Waals surface area contributed by atoms with E-state index in [4.69, 9.17) is 40.0 Å². The first-order valence-electron chi connectivity index (χ1n) is 30.1. The number of halogens is 2. The van der Waals surface area contributed by atoms with Crippen molar-refractivity contribution in [3.8, 4) is 0 Å². The Labute approximate surface area is 490 Å². The summed E-state index contributed by atoms with van der Waals surface area (Å²) in [6.45, 7) is 23.0. The molecule has 27 atom stereocenters. The first kappa shape index (κ1) is 67.3. The largest absolute Gasteiger partial charge is 0.459 e. The predicted octanol–water partition coefficient (Wildman–Crippen LogP) is 4.34. The molecule has 82 heavy (non-hydrogen) atoms. The van der Waals surface area contributed by atoms with Crippen molar-refractivity contribution in [1.82, 2.24) is 15.1 Å². The quantitative estimate of drug-likeness (QED) is 0.0767. The summed E-state index contributed by atoms with van der Waals surface area (Å²) in [6, 6.07) is -1.18. The van der Waals surface area contributed by atoms with E-state index in [1.807, 2.05) is 37.7 Å². The van der Waals surface area contributed by atoms with Gasteiger partial charge >= 0.3 is 5.97 Å². The molecule has 3 saturated heterocycles. The molecule has 3 saturated carbocycles. The maximum atomic E-state index is 16.3. The monoisotopic (exact) mass is 1190 g/mol. The van der Waals surface area contributed by atoms with E-state index >= 15 is 4.39 Å². The average Bonchev–Trinajstić information content (AvgIpc) is 2.67. The molecule has 1 amide bonds. The van der Waals surface area contributed by atoms with Crippen LogP contribution in [0.5, 0.6) is 0 Å². The minimum Gasteiger partial charge on any atom is -0.459 e. The van der Waals surface area contributed by atoms with E-state index in [2.05, 4.69) is 5.32 Å². The predicted molar refractivity (Wildman–Crippen MR) is 304 cm³/mol. The molecule has 470 valence electrons. The Bertz CT molecular complexity index is 2350. The van der Waals surface area contributed by atoms with Crippen LogP contribution < -0.4 is 5.32 Å². The van der Waals surface area contributed by atoms with Gasteiger partial charge in [-0.3, -0.25) is 19.3 Å². The maximum Gasteiger partial charge on any atom is 0.311 e. The molecule has 0 aromatic heterocycles. The van der Waals surface area contributed by atoms with E-state index in [9.17, 15) is 50.1 Å². The number of aliphatic hydroxyl groups excluding tert-OH is 4. The summed E-state index contributed by atoms with van der Waals surface area (Å²) in [4.78, 5) is 44.3. The van der Waals surface area contributed by atoms with Gasteiger partial charge in [-0.05, 0) is 149 Å². The molecule has 6 fully saturated rings. The van der Waals surface area contributed by atoms with Gasteiger partial charge in [-0.15, -0.1) is 11.6 Å². The lowest BCUT2D eigenvalue weighted by molar-refractivity contribution is -0.318. The van der Waals surface area contributed by atoms with Crippen molar-refractivity contribution < 1.29 is 82.9 Å². The van der Waals surface area contributed by atoms with Gasteiger partial charge in [0.2, 0.25) is 0 Å². The lowest BCUT2D eigenvalue weighted by Crippen LogP contribution is -2.70. The number of carbonyl (C=O) groups is 3. The van der Waals surface area contributed by atoms with Gasteiger partial charge in [0.1, 0.15) is 36.2 Å². The van der Waals surface area contributed by atoms with E-state index in [1.54, 1.807) is 75.3 Å². The topological polar surface area (TPSA) is 267 Å². The molecule has 8 N–H and O–H groups in total. The molecular formula is C61H101ClFN3O16. The molecule has 0 radical (unpaired) electrons. The molecule has 7 rings (SSSR count). The number of carbonyl (C=O) groups excluding carboxylic acids is 3. The van der Waals surface area contributed by atoms with Crippen LogP contribution in [0.25, 0.3) is 0 Å². The normalized spacial score (nSPS) is 50.8. The number of hydrogen-bond acceptors (Lipinski definition) is 18. The van der Waals surface area contributed by atoms with E-state index < -0.39 is 153 Å². The number of ether oxygens (including phenoxy) is 6. The Balaban J connectivity index is 1.16. The number of nitrogens with one attached hydrogen (secondary N) is 1. The van der Waals surface area contributed by atoms with Crippen molar-refractivity contribution >= 4 is 29.3 Å². The number of amides is 1. The first-order chi connectivity index (χ1) is 37.9. The minimum atomic E-state index is -2.02. The fourth-order valence-corrected chi connectivity index (χ4v) is 17.0. The number of aliphatic hydroxyl groups is 7. The molecule has 3 aliphatic heterocycles. The van der Waals surface area contributed by atoms with Gasteiger partial charge in [-0.1, -0.05) is 47.6 Å². The van der Waals surface area contributed by atoms with Crippen LogP contribution in [0.2, 0.25) is 0 Å². The highest BCUT2D eigenvalue weighted by Crippen LogP contribution is 2.71. The smallest absolute Gasteiger partial charge is 0.311 e. The molecule has 19 nitrogen and oxygen atoms in total. The Morgan fingerprint density at radius 1 is 0.902 bits per heavy atom. The van der Waals surface area contributed by atoms with Gasteiger partial charge < -0.3 is 74.4 Å².